The van der Waals surface area contributed by atoms with Crippen molar-refractivity contribution < 1.29 is 14.3 Å². The van der Waals surface area contributed by atoms with Crippen molar-refractivity contribution in [3.05, 3.63) is 29.3 Å². The number of carbonyl (C=O) groups is 1. The average molecular weight is 292 g/mol. The molecule has 0 saturated carbocycles. The molecule has 0 saturated heterocycles. The molecular weight excluding hydrogens is 264 g/mol. The molecule has 0 spiro atoms. The highest BCUT2D eigenvalue weighted by atomic mass is 16.5. The van der Waals surface area contributed by atoms with Gasteiger partial charge in [-0.2, -0.15) is 0 Å². The minimum Gasteiger partial charge on any atom is -0.492 e. The maximum absolute atomic E-state index is 12.0. The van der Waals surface area contributed by atoms with Crippen molar-refractivity contribution in [2.24, 2.45) is 0 Å². The second-order valence-corrected chi connectivity index (χ2v) is 5.13. The van der Waals surface area contributed by atoms with Crippen LogP contribution in [0.25, 0.3) is 0 Å². The zero-order chi connectivity index (χ0) is 15.5. The number of carbonyl (C=O) groups excluding carboxylic acids is 1. The van der Waals surface area contributed by atoms with E-state index in [0.29, 0.717) is 24.5 Å². The predicted octanol–water partition coefficient (Wildman–Crippen LogP) is 4.77. The van der Waals surface area contributed by atoms with Crippen LogP contribution in [0.4, 0.5) is 0 Å². The summed E-state index contributed by atoms with van der Waals surface area (Å²) < 4.78 is 11.0. The van der Waals surface area contributed by atoms with Crippen LogP contribution in [-0.4, -0.2) is 19.2 Å². The molecule has 0 amide bonds. The van der Waals surface area contributed by atoms with Crippen molar-refractivity contribution in [3.8, 4) is 5.75 Å². The molecule has 0 aliphatic heterocycles. The van der Waals surface area contributed by atoms with E-state index < -0.39 is 0 Å². The van der Waals surface area contributed by atoms with Crippen LogP contribution in [0.1, 0.15) is 68.8 Å². The second-order valence-electron chi connectivity index (χ2n) is 5.13. The van der Waals surface area contributed by atoms with Gasteiger partial charge in [0.2, 0.25) is 0 Å². The molecule has 1 rings (SSSR count). The summed E-state index contributed by atoms with van der Waals surface area (Å²) in [6.07, 6.45) is 6.82. The van der Waals surface area contributed by atoms with E-state index in [4.69, 9.17) is 9.47 Å². The second kappa shape index (κ2) is 10.3. The zero-order valence-corrected chi connectivity index (χ0v) is 13.6. The molecule has 0 aliphatic carbocycles. The van der Waals surface area contributed by atoms with Gasteiger partial charge in [0.05, 0.1) is 13.2 Å². The number of aryl methyl sites for hydroxylation is 1. The fourth-order valence-corrected chi connectivity index (χ4v) is 2.28. The number of rotatable bonds is 10. The van der Waals surface area contributed by atoms with Gasteiger partial charge in [0, 0.05) is 0 Å². The first kappa shape index (κ1) is 17.5. The van der Waals surface area contributed by atoms with Gasteiger partial charge < -0.3 is 9.47 Å². The van der Waals surface area contributed by atoms with Crippen LogP contribution < -0.4 is 4.74 Å². The van der Waals surface area contributed by atoms with E-state index in [1.165, 1.54) is 25.7 Å². The van der Waals surface area contributed by atoms with Gasteiger partial charge in [-0.15, -0.1) is 0 Å². The smallest absolute Gasteiger partial charge is 0.341 e. The quantitative estimate of drug-likeness (QED) is 0.460. The average Bonchev–Trinajstić information content (AvgIpc) is 2.50. The van der Waals surface area contributed by atoms with E-state index >= 15 is 0 Å². The van der Waals surface area contributed by atoms with Gasteiger partial charge in [-0.05, 0) is 31.4 Å². The van der Waals surface area contributed by atoms with Crippen LogP contribution in [0.3, 0.4) is 0 Å². The number of para-hydroxylation sites is 1. The van der Waals surface area contributed by atoms with E-state index in [0.717, 1.165) is 18.4 Å². The maximum atomic E-state index is 12.0. The van der Waals surface area contributed by atoms with E-state index in [1.807, 2.05) is 19.1 Å². The van der Waals surface area contributed by atoms with Gasteiger partial charge in [-0.25, -0.2) is 4.79 Å². The molecule has 3 heteroatoms. The first-order valence-electron chi connectivity index (χ1n) is 8.16. The molecular formula is C18H28O3. The van der Waals surface area contributed by atoms with Crippen molar-refractivity contribution in [2.75, 3.05) is 13.2 Å². The molecule has 0 N–H and O–H groups in total. The number of ether oxygens (including phenoxy) is 2. The number of hydrogen-bond acceptors (Lipinski definition) is 3. The number of benzene rings is 1. The first-order valence-corrected chi connectivity index (χ1v) is 8.16. The molecule has 0 heterocycles. The van der Waals surface area contributed by atoms with Gasteiger partial charge in [0.1, 0.15) is 11.3 Å². The Morgan fingerprint density at radius 3 is 2.48 bits per heavy atom. The zero-order valence-electron chi connectivity index (χ0n) is 13.6. The largest absolute Gasteiger partial charge is 0.492 e. The molecule has 0 fully saturated rings. The van der Waals surface area contributed by atoms with E-state index in [9.17, 15) is 4.79 Å². The van der Waals surface area contributed by atoms with Gasteiger partial charge >= 0.3 is 5.97 Å². The van der Waals surface area contributed by atoms with Crippen molar-refractivity contribution in [2.45, 2.75) is 59.3 Å². The Hall–Kier alpha value is -1.51. The van der Waals surface area contributed by atoms with Gasteiger partial charge in [0.15, 0.2) is 0 Å². The van der Waals surface area contributed by atoms with Gasteiger partial charge in [-0.1, -0.05) is 51.7 Å². The predicted molar refractivity (Wildman–Crippen MR) is 86.0 cm³/mol. The van der Waals surface area contributed by atoms with Crippen LogP contribution in [0.5, 0.6) is 5.75 Å². The van der Waals surface area contributed by atoms with E-state index in [-0.39, 0.29) is 5.97 Å². The summed E-state index contributed by atoms with van der Waals surface area (Å²) in [6.45, 7) is 7.13. The fourth-order valence-electron chi connectivity index (χ4n) is 2.28. The van der Waals surface area contributed by atoms with Crippen molar-refractivity contribution in [3.63, 3.8) is 0 Å². The Balaban J connectivity index is 2.66. The number of esters is 1. The topological polar surface area (TPSA) is 35.5 Å². The van der Waals surface area contributed by atoms with Crippen molar-refractivity contribution in [1.29, 1.82) is 0 Å². The van der Waals surface area contributed by atoms with Crippen LogP contribution in [0.2, 0.25) is 0 Å². The summed E-state index contributed by atoms with van der Waals surface area (Å²) in [5.74, 6) is 0.405. The molecule has 0 radical (unpaired) electrons. The first-order chi connectivity index (χ1) is 10.2. The SMILES string of the molecule is CCCCCCCOc1c(CC)cccc1C(=O)OCC. The third-order valence-electron chi connectivity index (χ3n) is 3.47. The summed E-state index contributed by atoms with van der Waals surface area (Å²) >= 11 is 0. The summed E-state index contributed by atoms with van der Waals surface area (Å²) in [5.41, 5.74) is 1.61. The van der Waals surface area contributed by atoms with Crippen LogP contribution in [-0.2, 0) is 11.2 Å². The lowest BCUT2D eigenvalue weighted by Gasteiger charge is -2.14. The molecule has 1 aromatic rings. The lowest BCUT2D eigenvalue weighted by molar-refractivity contribution is 0.0521. The minimum atomic E-state index is -0.297. The number of unbranched alkanes of at least 4 members (excludes halogenated alkanes) is 4. The summed E-state index contributed by atoms with van der Waals surface area (Å²) in [7, 11) is 0. The highest BCUT2D eigenvalue weighted by Gasteiger charge is 2.16. The third-order valence-corrected chi connectivity index (χ3v) is 3.47. The Bertz CT molecular complexity index is 426. The molecule has 1 aromatic carbocycles. The van der Waals surface area contributed by atoms with Crippen molar-refractivity contribution >= 4 is 5.97 Å². The normalized spacial score (nSPS) is 10.4. The Morgan fingerprint density at radius 2 is 1.81 bits per heavy atom. The third kappa shape index (κ3) is 5.78. The molecule has 0 aromatic heterocycles. The summed E-state index contributed by atoms with van der Waals surface area (Å²) in [6, 6.07) is 5.68. The lowest BCUT2D eigenvalue weighted by atomic mass is 10.1. The van der Waals surface area contributed by atoms with Crippen LogP contribution in [0.15, 0.2) is 18.2 Å². The summed E-state index contributed by atoms with van der Waals surface area (Å²) in [4.78, 5) is 12.0. The van der Waals surface area contributed by atoms with Crippen molar-refractivity contribution in [1.82, 2.24) is 0 Å². The number of hydrogen-bond donors (Lipinski definition) is 0. The highest BCUT2D eigenvalue weighted by molar-refractivity contribution is 5.93. The fraction of sp³-hybridized carbons (Fsp3) is 0.611. The van der Waals surface area contributed by atoms with E-state index in [1.54, 1.807) is 6.07 Å². The molecule has 0 aliphatic rings. The molecule has 118 valence electrons. The Morgan fingerprint density at radius 1 is 1.05 bits per heavy atom. The molecule has 0 unspecified atom stereocenters. The van der Waals surface area contributed by atoms with E-state index in [2.05, 4.69) is 13.8 Å². The Kier molecular flexibility index (Phi) is 8.56. The standard InChI is InChI=1S/C18H28O3/c1-4-7-8-9-10-14-21-17-15(5-2)12-11-13-16(17)18(19)20-6-3/h11-13H,4-10,14H2,1-3H3. The summed E-state index contributed by atoms with van der Waals surface area (Å²) in [5, 5.41) is 0. The van der Waals surface area contributed by atoms with Crippen LogP contribution >= 0.6 is 0 Å². The Labute approximate surface area is 128 Å². The molecule has 3 nitrogen and oxygen atoms in total. The molecule has 0 bridgehead atoms. The van der Waals surface area contributed by atoms with Crippen LogP contribution in [0, 0.1) is 0 Å². The van der Waals surface area contributed by atoms with Gasteiger partial charge in [-0.3, -0.25) is 0 Å². The molecule has 0 atom stereocenters. The van der Waals surface area contributed by atoms with Gasteiger partial charge in [0.25, 0.3) is 0 Å². The monoisotopic (exact) mass is 292 g/mol. The lowest BCUT2D eigenvalue weighted by Crippen LogP contribution is -2.10. The highest BCUT2D eigenvalue weighted by Crippen LogP contribution is 2.26. The maximum Gasteiger partial charge on any atom is 0.341 e. The molecule has 21 heavy (non-hydrogen) atoms. The minimum absolute atomic E-state index is 0.297.